The first kappa shape index (κ1) is 9.91. The smallest absolute Gasteiger partial charge is 0.302 e. The summed E-state index contributed by atoms with van der Waals surface area (Å²) in [6.07, 6.45) is 0.892. The third-order valence-corrected chi connectivity index (χ3v) is 2.06. The van der Waals surface area contributed by atoms with Gasteiger partial charge in [-0.1, -0.05) is 0 Å². The molecule has 0 saturated carbocycles. The SMILES string of the molecule is O=C(CCS(=O)(=O)F)c1ccco1. The molecule has 0 fully saturated rings. The fraction of sp³-hybridized carbons (Fsp3) is 0.286. The summed E-state index contributed by atoms with van der Waals surface area (Å²) < 4.78 is 36.8. The predicted molar refractivity (Wildman–Crippen MR) is 42.6 cm³/mol. The van der Waals surface area contributed by atoms with E-state index in [-0.39, 0.29) is 5.76 Å². The molecule has 1 rings (SSSR count). The fourth-order valence-electron chi connectivity index (χ4n) is 0.775. The van der Waals surface area contributed by atoms with Crippen LogP contribution in [0.2, 0.25) is 0 Å². The van der Waals surface area contributed by atoms with Crippen molar-refractivity contribution in [2.75, 3.05) is 5.75 Å². The van der Waals surface area contributed by atoms with Crippen LogP contribution in [0, 0.1) is 0 Å². The van der Waals surface area contributed by atoms with E-state index in [2.05, 4.69) is 0 Å². The molecule has 13 heavy (non-hydrogen) atoms. The van der Waals surface area contributed by atoms with Crippen LogP contribution >= 0.6 is 0 Å². The number of rotatable bonds is 4. The molecule has 1 heterocycles. The van der Waals surface area contributed by atoms with Crippen LogP contribution < -0.4 is 0 Å². The second-order valence-corrected chi connectivity index (χ2v) is 3.88. The molecule has 0 aliphatic heterocycles. The Morgan fingerprint density at radius 1 is 1.54 bits per heavy atom. The van der Waals surface area contributed by atoms with Crippen molar-refractivity contribution in [3.8, 4) is 0 Å². The van der Waals surface area contributed by atoms with Crippen molar-refractivity contribution < 1.29 is 21.5 Å². The molecule has 0 aliphatic rings. The first-order chi connectivity index (χ1) is 5.99. The summed E-state index contributed by atoms with van der Waals surface area (Å²) in [4.78, 5) is 11.0. The van der Waals surface area contributed by atoms with Crippen LogP contribution in [0.4, 0.5) is 3.89 Å². The summed E-state index contributed by atoms with van der Waals surface area (Å²) >= 11 is 0. The lowest BCUT2D eigenvalue weighted by molar-refractivity contribution is 0.0962. The molecule has 6 heteroatoms. The van der Waals surface area contributed by atoms with Gasteiger partial charge in [0.25, 0.3) is 0 Å². The Morgan fingerprint density at radius 3 is 2.69 bits per heavy atom. The van der Waals surface area contributed by atoms with Crippen LogP contribution in [0.3, 0.4) is 0 Å². The van der Waals surface area contributed by atoms with Gasteiger partial charge in [-0.3, -0.25) is 4.79 Å². The molecule has 72 valence electrons. The third-order valence-electron chi connectivity index (χ3n) is 1.37. The summed E-state index contributed by atoms with van der Waals surface area (Å²) in [5, 5.41) is 0. The number of halogens is 1. The number of Topliss-reactive ketones (excluding diaryl/α,β-unsaturated/α-hetero) is 1. The molecule has 0 saturated heterocycles. The highest BCUT2D eigenvalue weighted by Crippen LogP contribution is 2.05. The van der Waals surface area contributed by atoms with Gasteiger partial charge in [-0.15, -0.1) is 3.89 Å². The van der Waals surface area contributed by atoms with Gasteiger partial charge in [0.15, 0.2) is 11.5 Å². The van der Waals surface area contributed by atoms with Gasteiger partial charge in [-0.2, -0.15) is 8.42 Å². The van der Waals surface area contributed by atoms with Crippen molar-refractivity contribution in [1.82, 2.24) is 0 Å². The Hall–Kier alpha value is -1.17. The molecule has 0 N–H and O–H groups in total. The van der Waals surface area contributed by atoms with E-state index in [0.717, 1.165) is 0 Å². The van der Waals surface area contributed by atoms with Crippen molar-refractivity contribution in [3.63, 3.8) is 0 Å². The Bertz CT molecular complexity index is 379. The van der Waals surface area contributed by atoms with Crippen molar-refractivity contribution in [1.29, 1.82) is 0 Å². The highest BCUT2D eigenvalue weighted by atomic mass is 32.3. The van der Waals surface area contributed by atoms with Crippen molar-refractivity contribution in [2.24, 2.45) is 0 Å². The van der Waals surface area contributed by atoms with Gasteiger partial charge in [0.1, 0.15) is 0 Å². The average Bonchev–Trinajstić information content (AvgIpc) is 2.50. The number of furan rings is 1. The van der Waals surface area contributed by atoms with E-state index in [0.29, 0.717) is 0 Å². The lowest BCUT2D eigenvalue weighted by Gasteiger charge is -1.93. The minimum Gasteiger partial charge on any atom is -0.461 e. The van der Waals surface area contributed by atoms with E-state index in [1.807, 2.05) is 0 Å². The molecular weight excluding hydrogens is 199 g/mol. The van der Waals surface area contributed by atoms with E-state index in [4.69, 9.17) is 4.42 Å². The molecule has 0 atom stereocenters. The zero-order valence-corrected chi connectivity index (χ0v) is 7.38. The molecule has 0 amide bonds. The lowest BCUT2D eigenvalue weighted by atomic mass is 10.2. The van der Waals surface area contributed by atoms with E-state index >= 15 is 0 Å². The maximum atomic E-state index is 12.0. The Morgan fingerprint density at radius 2 is 2.23 bits per heavy atom. The maximum Gasteiger partial charge on any atom is 0.302 e. The zero-order chi connectivity index (χ0) is 9.90. The van der Waals surface area contributed by atoms with Crippen LogP contribution in [0.1, 0.15) is 17.0 Å². The molecule has 4 nitrogen and oxygen atoms in total. The fourth-order valence-corrected chi connectivity index (χ4v) is 1.20. The molecule has 0 aromatic carbocycles. The number of ketones is 1. The first-order valence-corrected chi connectivity index (χ1v) is 5.03. The number of hydrogen-bond donors (Lipinski definition) is 0. The average molecular weight is 206 g/mol. The first-order valence-electron chi connectivity index (χ1n) is 3.48. The Balaban J connectivity index is 2.53. The second kappa shape index (κ2) is 3.69. The van der Waals surface area contributed by atoms with Gasteiger partial charge in [0.2, 0.25) is 0 Å². The van der Waals surface area contributed by atoms with Crippen LogP contribution in [0.15, 0.2) is 22.8 Å². The van der Waals surface area contributed by atoms with E-state index < -0.39 is 28.2 Å². The molecule has 1 aromatic rings. The van der Waals surface area contributed by atoms with Crippen molar-refractivity contribution >= 4 is 16.0 Å². The number of hydrogen-bond acceptors (Lipinski definition) is 4. The highest BCUT2D eigenvalue weighted by molar-refractivity contribution is 7.86. The quantitative estimate of drug-likeness (QED) is 0.547. The summed E-state index contributed by atoms with van der Waals surface area (Å²) in [6, 6.07) is 2.89. The molecule has 0 radical (unpaired) electrons. The molecule has 1 aromatic heterocycles. The monoisotopic (exact) mass is 206 g/mol. The van der Waals surface area contributed by atoms with Crippen LogP contribution in [-0.4, -0.2) is 20.0 Å². The normalized spacial score (nSPS) is 11.5. The number of carbonyl (C=O) groups is 1. The Kier molecular flexibility index (Phi) is 2.82. The van der Waals surface area contributed by atoms with Crippen LogP contribution in [0.5, 0.6) is 0 Å². The van der Waals surface area contributed by atoms with Crippen molar-refractivity contribution in [3.05, 3.63) is 24.2 Å². The minimum atomic E-state index is -4.57. The molecule has 0 bridgehead atoms. The lowest BCUT2D eigenvalue weighted by Crippen LogP contribution is -2.06. The Labute approximate surface area is 74.6 Å². The van der Waals surface area contributed by atoms with E-state index in [9.17, 15) is 17.1 Å². The minimum absolute atomic E-state index is 0.0450. The number of carbonyl (C=O) groups excluding carboxylic acids is 1. The molecule has 0 spiro atoms. The summed E-state index contributed by atoms with van der Waals surface area (Å²) in [5.41, 5.74) is 0. The van der Waals surface area contributed by atoms with Gasteiger partial charge >= 0.3 is 10.2 Å². The molecule has 0 aliphatic carbocycles. The van der Waals surface area contributed by atoms with Gasteiger partial charge in [0.05, 0.1) is 12.0 Å². The van der Waals surface area contributed by atoms with Crippen molar-refractivity contribution in [2.45, 2.75) is 6.42 Å². The van der Waals surface area contributed by atoms with Crippen LogP contribution in [0.25, 0.3) is 0 Å². The van der Waals surface area contributed by atoms with E-state index in [1.54, 1.807) is 0 Å². The van der Waals surface area contributed by atoms with Gasteiger partial charge in [0, 0.05) is 6.42 Å². The standard InChI is InChI=1S/C7H7FO4S/c8-13(10,11)5-3-6(9)7-2-1-4-12-7/h1-2,4H,3,5H2. The van der Waals surface area contributed by atoms with Gasteiger partial charge in [-0.25, -0.2) is 0 Å². The zero-order valence-electron chi connectivity index (χ0n) is 6.57. The molecule has 0 unspecified atom stereocenters. The van der Waals surface area contributed by atoms with Gasteiger partial charge < -0.3 is 4.42 Å². The predicted octanol–water partition coefficient (Wildman–Crippen LogP) is 1.15. The largest absolute Gasteiger partial charge is 0.461 e. The topological polar surface area (TPSA) is 64.3 Å². The highest BCUT2D eigenvalue weighted by Gasteiger charge is 2.14. The summed E-state index contributed by atoms with van der Waals surface area (Å²) in [5.74, 6) is -1.28. The maximum absolute atomic E-state index is 12.0. The third kappa shape index (κ3) is 3.37. The molecular formula is C7H7FO4S. The second-order valence-electron chi connectivity index (χ2n) is 2.39. The van der Waals surface area contributed by atoms with Crippen LogP contribution in [-0.2, 0) is 10.2 Å². The van der Waals surface area contributed by atoms with Gasteiger partial charge in [-0.05, 0) is 12.1 Å². The summed E-state index contributed by atoms with van der Waals surface area (Å²) in [6.45, 7) is 0. The van der Waals surface area contributed by atoms with E-state index in [1.165, 1.54) is 18.4 Å². The summed E-state index contributed by atoms with van der Waals surface area (Å²) in [7, 11) is -4.57.